The number of carboxylic acid groups (broad SMARTS) is 1. The minimum Gasteiger partial charge on any atom is -0.507 e. The number of ether oxygens (including phenoxy) is 2. The number of hydrogen-bond donors (Lipinski definition) is 2. The summed E-state index contributed by atoms with van der Waals surface area (Å²) >= 11 is 0. The molecule has 1 saturated carbocycles. The lowest BCUT2D eigenvalue weighted by molar-refractivity contribution is -0.136. The molecule has 0 bridgehead atoms. The normalized spacial score (nSPS) is 18.4. The number of benzene rings is 2. The van der Waals surface area contributed by atoms with Crippen LogP contribution in [0.15, 0.2) is 36.4 Å². The summed E-state index contributed by atoms with van der Waals surface area (Å²) in [5, 5.41) is 19.4. The molecule has 0 aromatic heterocycles. The van der Waals surface area contributed by atoms with Gasteiger partial charge in [-0.1, -0.05) is 25.5 Å². The molecule has 1 aliphatic carbocycles. The van der Waals surface area contributed by atoms with Gasteiger partial charge in [0.2, 0.25) is 0 Å². The van der Waals surface area contributed by atoms with E-state index in [1.54, 1.807) is 36.4 Å². The molecule has 0 spiro atoms. The van der Waals surface area contributed by atoms with Gasteiger partial charge < -0.3 is 19.7 Å². The van der Waals surface area contributed by atoms with Crippen LogP contribution < -0.4 is 9.47 Å². The van der Waals surface area contributed by atoms with Gasteiger partial charge in [0.05, 0.1) is 12.0 Å². The molecule has 6 heteroatoms. The molecule has 0 heterocycles. The van der Waals surface area contributed by atoms with E-state index in [1.165, 1.54) is 6.92 Å². The summed E-state index contributed by atoms with van der Waals surface area (Å²) in [6.45, 7) is 3.47. The Morgan fingerprint density at radius 3 is 2.32 bits per heavy atom. The smallest absolute Gasteiger partial charge is 0.307 e. The summed E-state index contributed by atoms with van der Waals surface area (Å²) in [5.74, 6) is 0.354. The molecule has 3 rings (SSSR count). The fourth-order valence-electron chi connectivity index (χ4n) is 4.05. The molecule has 6 nitrogen and oxygen atoms in total. The number of phenols is 1. The number of aromatic hydroxyl groups is 1. The van der Waals surface area contributed by atoms with Crippen LogP contribution in [0.3, 0.4) is 0 Å². The van der Waals surface area contributed by atoms with Gasteiger partial charge in [0.15, 0.2) is 5.78 Å². The third-order valence-electron chi connectivity index (χ3n) is 5.57. The van der Waals surface area contributed by atoms with E-state index in [-0.39, 0.29) is 30.2 Å². The Bertz CT molecular complexity index is 918. The first kappa shape index (κ1) is 22.7. The van der Waals surface area contributed by atoms with Crippen LogP contribution in [0.5, 0.6) is 17.2 Å². The molecule has 1 fully saturated rings. The SMILES string of the molecule is CCCc1c(O[C@H]2CCC[C@H](Oc3ccc(CC(=O)O)cc3)C2)ccc(C(C)=O)c1O. The van der Waals surface area contributed by atoms with Crippen LogP contribution in [0.25, 0.3) is 0 Å². The number of rotatable bonds is 9. The molecule has 0 aliphatic heterocycles. The van der Waals surface area contributed by atoms with Crippen molar-refractivity contribution in [1.82, 2.24) is 0 Å². The third kappa shape index (κ3) is 6.00. The van der Waals surface area contributed by atoms with Gasteiger partial charge >= 0.3 is 5.97 Å². The van der Waals surface area contributed by atoms with E-state index in [9.17, 15) is 14.7 Å². The van der Waals surface area contributed by atoms with Crippen LogP contribution in [0.2, 0.25) is 0 Å². The monoisotopic (exact) mass is 426 g/mol. The summed E-state index contributed by atoms with van der Waals surface area (Å²) in [5.41, 5.74) is 1.75. The molecule has 31 heavy (non-hydrogen) atoms. The van der Waals surface area contributed by atoms with Gasteiger partial charge in [-0.15, -0.1) is 0 Å². The van der Waals surface area contributed by atoms with Crippen molar-refractivity contribution in [2.45, 2.75) is 71.0 Å². The molecule has 2 atom stereocenters. The molecular weight excluding hydrogens is 396 g/mol. The number of ketones is 1. The number of aliphatic carboxylic acids is 1. The second kappa shape index (κ2) is 10.3. The molecule has 2 aromatic carbocycles. The van der Waals surface area contributed by atoms with Gasteiger partial charge in [-0.3, -0.25) is 9.59 Å². The number of carboxylic acids is 1. The third-order valence-corrected chi connectivity index (χ3v) is 5.57. The zero-order chi connectivity index (χ0) is 22.4. The summed E-state index contributed by atoms with van der Waals surface area (Å²) in [7, 11) is 0. The molecule has 0 radical (unpaired) electrons. The van der Waals surface area contributed by atoms with Crippen molar-refractivity contribution in [3.63, 3.8) is 0 Å². The van der Waals surface area contributed by atoms with Gasteiger partial charge in [0.25, 0.3) is 0 Å². The first-order valence-corrected chi connectivity index (χ1v) is 10.9. The van der Waals surface area contributed by atoms with Crippen molar-refractivity contribution in [3.05, 3.63) is 53.1 Å². The molecule has 166 valence electrons. The topological polar surface area (TPSA) is 93.1 Å². The zero-order valence-corrected chi connectivity index (χ0v) is 18.1. The predicted molar refractivity (Wildman–Crippen MR) is 117 cm³/mol. The van der Waals surface area contributed by atoms with Gasteiger partial charge in [0, 0.05) is 12.0 Å². The minimum absolute atomic E-state index is 0.00351. The fraction of sp³-hybridized carbons (Fsp3) is 0.440. The summed E-state index contributed by atoms with van der Waals surface area (Å²) < 4.78 is 12.4. The molecule has 2 aromatic rings. The summed E-state index contributed by atoms with van der Waals surface area (Å²) in [4.78, 5) is 22.6. The molecule has 0 unspecified atom stereocenters. The van der Waals surface area contributed by atoms with Crippen molar-refractivity contribution in [2.75, 3.05) is 0 Å². The Morgan fingerprint density at radius 1 is 1.03 bits per heavy atom. The highest BCUT2D eigenvalue weighted by Gasteiger charge is 2.26. The minimum atomic E-state index is -0.856. The molecule has 0 saturated heterocycles. The Morgan fingerprint density at radius 2 is 1.71 bits per heavy atom. The van der Waals surface area contributed by atoms with Crippen LogP contribution in [0, 0.1) is 0 Å². The van der Waals surface area contributed by atoms with E-state index < -0.39 is 5.97 Å². The van der Waals surface area contributed by atoms with E-state index in [1.807, 2.05) is 6.92 Å². The molecule has 1 aliphatic rings. The lowest BCUT2D eigenvalue weighted by Gasteiger charge is -2.31. The second-order valence-corrected chi connectivity index (χ2v) is 8.11. The Labute approximate surface area is 182 Å². The average Bonchev–Trinajstić information content (AvgIpc) is 2.72. The van der Waals surface area contributed by atoms with E-state index >= 15 is 0 Å². The Balaban J connectivity index is 1.66. The number of hydrogen-bond acceptors (Lipinski definition) is 5. The molecule has 0 amide bonds. The van der Waals surface area contributed by atoms with Crippen molar-refractivity contribution in [1.29, 1.82) is 0 Å². The summed E-state index contributed by atoms with van der Waals surface area (Å²) in [6, 6.07) is 10.6. The lowest BCUT2D eigenvalue weighted by Crippen LogP contribution is -2.32. The Kier molecular flexibility index (Phi) is 7.55. The van der Waals surface area contributed by atoms with E-state index in [0.29, 0.717) is 23.3 Å². The van der Waals surface area contributed by atoms with E-state index in [2.05, 4.69) is 0 Å². The lowest BCUT2D eigenvalue weighted by atomic mass is 9.94. The van der Waals surface area contributed by atoms with Gasteiger partial charge in [-0.05, 0) is 62.4 Å². The zero-order valence-electron chi connectivity index (χ0n) is 18.1. The second-order valence-electron chi connectivity index (χ2n) is 8.11. The average molecular weight is 427 g/mol. The van der Waals surface area contributed by atoms with E-state index in [0.717, 1.165) is 43.4 Å². The highest BCUT2D eigenvalue weighted by atomic mass is 16.5. The van der Waals surface area contributed by atoms with Crippen molar-refractivity contribution in [2.24, 2.45) is 0 Å². The number of Topliss-reactive ketones (excluding diaryl/α,β-unsaturated/α-hetero) is 1. The first-order valence-electron chi connectivity index (χ1n) is 10.9. The maximum Gasteiger partial charge on any atom is 0.307 e. The largest absolute Gasteiger partial charge is 0.507 e. The highest BCUT2D eigenvalue weighted by Crippen LogP contribution is 2.35. The fourth-order valence-corrected chi connectivity index (χ4v) is 4.05. The van der Waals surface area contributed by atoms with E-state index in [4.69, 9.17) is 14.6 Å². The van der Waals surface area contributed by atoms with Crippen molar-refractivity contribution < 1.29 is 29.3 Å². The maximum atomic E-state index is 11.8. The van der Waals surface area contributed by atoms with Crippen molar-refractivity contribution >= 4 is 11.8 Å². The van der Waals surface area contributed by atoms with Crippen LogP contribution >= 0.6 is 0 Å². The quantitative estimate of drug-likeness (QED) is 0.552. The van der Waals surface area contributed by atoms with Crippen LogP contribution in [0.4, 0.5) is 0 Å². The molecular formula is C25H30O6. The van der Waals surface area contributed by atoms with Crippen LogP contribution in [-0.2, 0) is 17.6 Å². The number of carbonyl (C=O) groups is 2. The van der Waals surface area contributed by atoms with Crippen LogP contribution in [0.1, 0.15) is 67.4 Å². The van der Waals surface area contributed by atoms with Gasteiger partial charge in [-0.2, -0.15) is 0 Å². The standard InChI is InChI=1S/C25H30O6/c1-3-5-22-23(13-12-21(16(2)26)25(22)29)31-20-7-4-6-19(15-20)30-18-10-8-17(9-11-18)14-24(27)28/h8-13,19-20,29H,3-7,14-15H2,1-2H3,(H,27,28)/t19-,20-/m0/s1. The maximum absolute atomic E-state index is 11.8. The van der Waals surface area contributed by atoms with Gasteiger partial charge in [-0.25, -0.2) is 0 Å². The number of phenolic OH excluding ortho intramolecular Hbond substituents is 1. The van der Waals surface area contributed by atoms with Crippen molar-refractivity contribution in [3.8, 4) is 17.2 Å². The predicted octanol–water partition coefficient (Wildman–Crippen LogP) is 4.94. The highest BCUT2D eigenvalue weighted by molar-refractivity contribution is 5.97. The first-order chi connectivity index (χ1) is 14.9. The Hall–Kier alpha value is -3.02. The summed E-state index contributed by atoms with van der Waals surface area (Å²) in [6.07, 6.45) is 4.94. The molecule has 2 N–H and O–H groups in total. The van der Waals surface area contributed by atoms with Crippen LogP contribution in [-0.4, -0.2) is 34.2 Å². The van der Waals surface area contributed by atoms with Gasteiger partial charge in [0.1, 0.15) is 29.5 Å². The number of carbonyl (C=O) groups excluding carboxylic acids is 1.